The summed E-state index contributed by atoms with van der Waals surface area (Å²) in [5, 5.41) is 0. The molecule has 0 aromatic heterocycles. The van der Waals surface area contributed by atoms with Crippen LogP contribution in [0.25, 0.3) is 0 Å². The summed E-state index contributed by atoms with van der Waals surface area (Å²) in [5.74, 6) is 0.0806. The second kappa shape index (κ2) is 6.79. The van der Waals surface area contributed by atoms with Gasteiger partial charge in [-0.25, -0.2) is 0 Å². The predicted molar refractivity (Wildman–Crippen MR) is 103 cm³/mol. The third-order valence-electron chi connectivity index (χ3n) is 6.48. The summed E-state index contributed by atoms with van der Waals surface area (Å²) in [4.78, 5) is 30.1. The molecule has 2 amide bonds. The van der Waals surface area contributed by atoms with Crippen LogP contribution in [0.15, 0.2) is 42.5 Å². The number of amides is 2. The van der Waals surface area contributed by atoms with Crippen LogP contribution in [0.2, 0.25) is 0 Å². The average molecular weight is 368 g/mol. The van der Waals surface area contributed by atoms with Crippen LogP contribution in [0.1, 0.15) is 37.7 Å². The lowest BCUT2D eigenvalue weighted by Gasteiger charge is -2.45. The first-order valence-corrected chi connectivity index (χ1v) is 9.85. The molecular formula is C22H28N2O3. The summed E-state index contributed by atoms with van der Waals surface area (Å²) in [7, 11) is 1.82. The molecule has 2 fully saturated rings. The number of rotatable bonds is 2. The highest BCUT2D eigenvalue weighted by Gasteiger charge is 2.58. The van der Waals surface area contributed by atoms with Gasteiger partial charge in [-0.05, 0) is 24.8 Å². The van der Waals surface area contributed by atoms with Gasteiger partial charge in [-0.3, -0.25) is 9.59 Å². The maximum absolute atomic E-state index is 13.4. The summed E-state index contributed by atoms with van der Waals surface area (Å²) in [5.41, 5.74) is -0.246. The van der Waals surface area contributed by atoms with Crippen LogP contribution < -0.4 is 0 Å². The summed E-state index contributed by atoms with van der Waals surface area (Å²) in [6.45, 7) is 3.97. The highest BCUT2D eigenvalue weighted by molar-refractivity contribution is 5.91. The van der Waals surface area contributed by atoms with Crippen molar-refractivity contribution in [2.45, 2.75) is 37.7 Å². The molecule has 1 aromatic carbocycles. The summed E-state index contributed by atoms with van der Waals surface area (Å²) < 4.78 is 6.18. The molecule has 1 aromatic rings. The van der Waals surface area contributed by atoms with E-state index in [4.69, 9.17) is 4.74 Å². The van der Waals surface area contributed by atoms with Crippen LogP contribution in [0, 0.1) is 5.41 Å². The van der Waals surface area contributed by atoms with Gasteiger partial charge in [0.1, 0.15) is 0 Å². The van der Waals surface area contributed by atoms with Gasteiger partial charge < -0.3 is 14.5 Å². The fourth-order valence-corrected chi connectivity index (χ4v) is 4.84. The van der Waals surface area contributed by atoms with Crippen LogP contribution in [0.5, 0.6) is 0 Å². The molecule has 4 rings (SSSR count). The van der Waals surface area contributed by atoms with E-state index < -0.39 is 5.60 Å². The van der Waals surface area contributed by atoms with E-state index in [1.54, 1.807) is 4.90 Å². The Labute approximate surface area is 161 Å². The molecule has 27 heavy (non-hydrogen) atoms. The first kappa shape index (κ1) is 18.2. The molecule has 3 aliphatic rings. The normalized spacial score (nSPS) is 33.7. The average Bonchev–Trinajstić information content (AvgIpc) is 2.93. The maximum atomic E-state index is 13.4. The van der Waals surface area contributed by atoms with Crippen LogP contribution in [-0.2, 0) is 14.3 Å². The Bertz CT molecular complexity index is 762. The fraction of sp³-hybridized carbons (Fsp3) is 0.545. The van der Waals surface area contributed by atoms with Crippen molar-refractivity contribution in [3.05, 3.63) is 48.0 Å². The third-order valence-corrected chi connectivity index (χ3v) is 6.48. The number of hydrogen-bond donors (Lipinski definition) is 0. The van der Waals surface area contributed by atoms with E-state index in [1.807, 2.05) is 30.1 Å². The van der Waals surface area contributed by atoms with Crippen molar-refractivity contribution in [3.8, 4) is 0 Å². The standard InChI is InChI=1S/C22H28N2O3/c1-21(11-7-4-8-12-21)19(25)24-13-14-27-22(16-24)18(15-23(2)20(22)26)17-9-5-3-6-10-17/h3-7,9-10,18H,8,11-16H2,1-2H3. The van der Waals surface area contributed by atoms with Gasteiger partial charge in [0.05, 0.1) is 18.6 Å². The second-order valence-corrected chi connectivity index (χ2v) is 8.39. The molecule has 5 heteroatoms. The van der Waals surface area contributed by atoms with Gasteiger partial charge in [-0.15, -0.1) is 0 Å². The number of likely N-dealkylation sites (N-methyl/N-ethyl adjacent to an activating group) is 1. The molecule has 2 heterocycles. The van der Waals surface area contributed by atoms with Gasteiger partial charge in [0.25, 0.3) is 5.91 Å². The van der Waals surface area contributed by atoms with E-state index in [9.17, 15) is 9.59 Å². The molecule has 144 valence electrons. The molecule has 0 bridgehead atoms. The number of benzene rings is 1. The minimum atomic E-state index is -0.967. The second-order valence-electron chi connectivity index (χ2n) is 8.39. The lowest BCUT2D eigenvalue weighted by atomic mass is 9.76. The van der Waals surface area contributed by atoms with Gasteiger partial charge in [0.15, 0.2) is 5.60 Å². The zero-order valence-electron chi connectivity index (χ0n) is 16.2. The maximum Gasteiger partial charge on any atom is 0.257 e. The number of carbonyl (C=O) groups is 2. The summed E-state index contributed by atoms with van der Waals surface area (Å²) >= 11 is 0. The molecule has 1 aliphatic carbocycles. The number of hydrogen-bond acceptors (Lipinski definition) is 3. The molecule has 5 nitrogen and oxygen atoms in total. The molecule has 3 atom stereocenters. The Kier molecular flexibility index (Phi) is 4.58. The lowest BCUT2D eigenvalue weighted by Crippen LogP contribution is -2.61. The highest BCUT2D eigenvalue weighted by Crippen LogP contribution is 2.43. The van der Waals surface area contributed by atoms with Crippen LogP contribution in [0.3, 0.4) is 0 Å². The van der Waals surface area contributed by atoms with E-state index in [0.29, 0.717) is 26.2 Å². The third kappa shape index (κ3) is 2.98. The van der Waals surface area contributed by atoms with Crippen molar-refractivity contribution >= 4 is 11.8 Å². The molecular weight excluding hydrogens is 340 g/mol. The number of carbonyl (C=O) groups excluding carboxylic acids is 2. The summed E-state index contributed by atoms with van der Waals surface area (Å²) in [6, 6.07) is 10.1. The Morgan fingerprint density at radius 2 is 2.00 bits per heavy atom. The van der Waals surface area contributed by atoms with E-state index in [1.165, 1.54) is 0 Å². The predicted octanol–water partition coefficient (Wildman–Crippen LogP) is 2.59. The zero-order valence-corrected chi connectivity index (χ0v) is 16.2. The molecule has 0 N–H and O–H groups in total. The molecule has 1 spiro atoms. The molecule has 3 unspecified atom stereocenters. The quantitative estimate of drug-likeness (QED) is 0.754. The van der Waals surface area contributed by atoms with E-state index in [0.717, 1.165) is 24.8 Å². The van der Waals surface area contributed by atoms with E-state index in [-0.39, 0.29) is 23.1 Å². The van der Waals surface area contributed by atoms with Crippen molar-refractivity contribution in [2.24, 2.45) is 5.41 Å². The number of allylic oxidation sites excluding steroid dienone is 2. The Balaban J connectivity index is 1.64. The molecule has 0 saturated carbocycles. The van der Waals surface area contributed by atoms with Gasteiger partial charge in [-0.2, -0.15) is 0 Å². The van der Waals surface area contributed by atoms with Crippen LogP contribution in [0.4, 0.5) is 0 Å². The van der Waals surface area contributed by atoms with Gasteiger partial charge in [0, 0.05) is 26.1 Å². The molecule has 0 radical (unpaired) electrons. The number of ether oxygens (including phenoxy) is 1. The van der Waals surface area contributed by atoms with Gasteiger partial charge in [0.2, 0.25) is 5.91 Å². The van der Waals surface area contributed by atoms with Crippen molar-refractivity contribution in [3.63, 3.8) is 0 Å². The zero-order chi connectivity index (χ0) is 19.1. The lowest BCUT2D eigenvalue weighted by molar-refractivity contribution is -0.171. The van der Waals surface area contributed by atoms with Crippen molar-refractivity contribution in [1.82, 2.24) is 9.80 Å². The number of nitrogens with zero attached hydrogens (tertiary/aromatic N) is 2. The monoisotopic (exact) mass is 368 g/mol. The molecule has 2 saturated heterocycles. The first-order valence-electron chi connectivity index (χ1n) is 9.85. The van der Waals surface area contributed by atoms with Crippen LogP contribution >= 0.6 is 0 Å². The number of likely N-dealkylation sites (tertiary alicyclic amines) is 1. The molecule has 2 aliphatic heterocycles. The topological polar surface area (TPSA) is 49.9 Å². The number of morpholine rings is 1. The first-order chi connectivity index (χ1) is 13.0. The minimum absolute atomic E-state index is 0.0115. The smallest absolute Gasteiger partial charge is 0.257 e. The Morgan fingerprint density at radius 1 is 1.22 bits per heavy atom. The largest absolute Gasteiger partial charge is 0.361 e. The summed E-state index contributed by atoms with van der Waals surface area (Å²) in [6.07, 6.45) is 6.83. The van der Waals surface area contributed by atoms with Gasteiger partial charge in [-0.1, -0.05) is 49.4 Å². The van der Waals surface area contributed by atoms with E-state index in [2.05, 4.69) is 31.2 Å². The fourth-order valence-electron chi connectivity index (χ4n) is 4.84. The minimum Gasteiger partial charge on any atom is -0.361 e. The Morgan fingerprint density at radius 3 is 2.70 bits per heavy atom. The van der Waals surface area contributed by atoms with Crippen molar-refractivity contribution < 1.29 is 14.3 Å². The highest BCUT2D eigenvalue weighted by atomic mass is 16.5. The van der Waals surface area contributed by atoms with Gasteiger partial charge >= 0.3 is 0 Å². The van der Waals surface area contributed by atoms with Crippen molar-refractivity contribution in [2.75, 3.05) is 33.3 Å². The van der Waals surface area contributed by atoms with Crippen molar-refractivity contribution in [1.29, 1.82) is 0 Å². The van der Waals surface area contributed by atoms with E-state index >= 15 is 0 Å². The van der Waals surface area contributed by atoms with Crippen LogP contribution in [-0.4, -0.2) is 60.5 Å². The SMILES string of the molecule is CN1CC(c2ccccc2)C2(CN(C(=O)C3(C)CC=CCC3)CCO2)C1=O. The Hall–Kier alpha value is -2.14.